The van der Waals surface area contributed by atoms with E-state index < -0.39 is 16.1 Å². The van der Waals surface area contributed by atoms with Crippen LogP contribution < -0.4 is 19.5 Å². The molecule has 0 saturated carbocycles. The number of ether oxygens (including phenoxy) is 2. The third kappa shape index (κ3) is 3.91. The molecule has 2 aromatic rings. The van der Waals surface area contributed by atoms with E-state index in [9.17, 15) is 13.2 Å². The molecule has 1 heterocycles. The van der Waals surface area contributed by atoms with Gasteiger partial charge in [0.05, 0.1) is 25.2 Å². The summed E-state index contributed by atoms with van der Waals surface area (Å²) in [7, 11) is -0.924. The maximum absolute atomic E-state index is 12.7. The van der Waals surface area contributed by atoms with Gasteiger partial charge in [-0.25, -0.2) is 8.42 Å². The van der Waals surface area contributed by atoms with Crippen molar-refractivity contribution in [2.75, 3.05) is 14.2 Å². The maximum Gasteiger partial charge on any atom is 0.241 e. The van der Waals surface area contributed by atoms with Crippen LogP contribution in [0.25, 0.3) is 0 Å². The molecule has 0 fully saturated rings. The molecule has 0 aliphatic carbocycles. The molecule has 27 heavy (non-hydrogen) atoms. The van der Waals surface area contributed by atoms with Crippen LogP contribution in [0, 0.1) is 0 Å². The Labute approximate surface area is 158 Å². The Morgan fingerprint density at radius 1 is 1.15 bits per heavy atom. The molecule has 0 aromatic heterocycles. The molecule has 1 aliphatic heterocycles. The van der Waals surface area contributed by atoms with Crippen molar-refractivity contribution < 1.29 is 22.7 Å². The summed E-state index contributed by atoms with van der Waals surface area (Å²) in [4.78, 5) is 12.8. The number of nitrogens with one attached hydrogen (secondary N) is 2. The highest BCUT2D eigenvalue weighted by molar-refractivity contribution is 7.89. The van der Waals surface area contributed by atoms with Gasteiger partial charge in [-0.3, -0.25) is 4.79 Å². The lowest BCUT2D eigenvalue weighted by Gasteiger charge is -2.27. The van der Waals surface area contributed by atoms with E-state index in [2.05, 4.69) is 10.0 Å². The SMILES string of the molecule is COc1cc2c(cc1OC)S(=O)(=O)NC(C(=O)NC(C)c1ccccc1)C2. The van der Waals surface area contributed by atoms with E-state index in [1.165, 1.54) is 20.3 Å². The fourth-order valence-corrected chi connectivity index (χ4v) is 4.55. The van der Waals surface area contributed by atoms with E-state index >= 15 is 0 Å². The number of hydrogen-bond acceptors (Lipinski definition) is 5. The molecule has 2 N–H and O–H groups in total. The quantitative estimate of drug-likeness (QED) is 0.812. The molecule has 2 aromatic carbocycles. The topological polar surface area (TPSA) is 93.7 Å². The summed E-state index contributed by atoms with van der Waals surface area (Å²) in [5, 5.41) is 2.86. The number of methoxy groups -OCH3 is 2. The molecule has 0 radical (unpaired) electrons. The van der Waals surface area contributed by atoms with Gasteiger partial charge in [0, 0.05) is 6.07 Å². The fraction of sp³-hybridized carbons (Fsp3) is 0.316. The molecule has 1 amide bonds. The highest BCUT2D eigenvalue weighted by Gasteiger charge is 2.35. The molecule has 2 atom stereocenters. The van der Waals surface area contributed by atoms with Crippen molar-refractivity contribution in [2.24, 2.45) is 0 Å². The zero-order valence-electron chi connectivity index (χ0n) is 15.4. The van der Waals surface area contributed by atoms with Crippen LogP contribution in [0.2, 0.25) is 0 Å². The lowest BCUT2D eigenvalue weighted by Crippen LogP contribution is -2.51. The van der Waals surface area contributed by atoms with Crippen LogP contribution in [-0.2, 0) is 21.2 Å². The Balaban J connectivity index is 1.85. The molecule has 8 heteroatoms. The molecule has 1 aliphatic rings. The van der Waals surface area contributed by atoms with Gasteiger partial charge in [-0.2, -0.15) is 4.72 Å². The summed E-state index contributed by atoms with van der Waals surface area (Å²) < 4.78 is 38.1. The van der Waals surface area contributed by atoms with Crippen molar-refractivity contribution in [1.82, 2.24) is 10.0 Å². The summed E-state index contributed by atoms with van der Waals surface area (Å²) in [6.45, 7) is 1.85. The monoisotopic (exact) mass is 390 g/mol. The summed E-state index contributed by atoms with van der Waals surface area (Å²) in [6, 6.07) is 11.4. The lowest BCUT2D eigenvalue weighted by atomic mass is 10.0. The summed E-state index contributed by atoms with van der Waals surface area (Å²) in [6.07, 6.45) is 0.224. The molecule has 144 valence electrons. The van der Waals surface area contributed by atoms with E-state index in [1.807, 2.05) is 37.3 Å². The van der Waals surface area contributed by atoms with Gasteiger partial charge in [0.1, 0.15) is 6.04 Å². The van der Waals surface area contributed by atoms with Crippen molar-refractivity contribution in [3.8, 4) is 11.5 Å². The minimum atomic E-state index is -3.84. The molecular weight excluding hydrogens is 368 g/mol. The van der Waals surface area contributed by atoms with Gasteiger partial charge < -0.3 is 14.8 Å². The molecule has 2 unspecified atom stereocenters. The zero-order chi connectivity index (χ0) is 19.6. The van der Waals surface area contributed by atoms with Gasteiger partial charge in [-0.15, -0.1) is 0 Å². The Kier molecular flexibility index (Phi) is 5.38. The number of sulfonamides is 1. The molecule has 7 nitrogen and oxygen atoms in total. The second-order valence-electron chi connectivity index (χ2n) is 6.33. The second kappa shape index (κ2) is 7.58. The van der Waals surface area contributed by atoms with Crippen LogP contribution in [0.1, 0.15) is 24.1 Å². The third-order valence-electron chi connectivity index (χ3n) is 4.55. The predicted octanol–water partition coefficient (Wildman–Crippen LogP) is 1.78. The average Bonchev–Trinajstić information content (AvgIpc) is 2.67. The minimum Gasteiger partial charge on any atom is -0.493 e. The first-order valence-electron chi connectivity index (χ1n) is 8.48. The largest absolute Gasteiger partial charge is 0.493 e. The number of hydrogen-bond donors (Lipinski definition) is 2. The molecular formula is C19H22N2O5S. The molecule has 3 rings (SSSR count). The van der Waals surface area contributed by atoms with Crippen molar-refractivity contribution in [1.29, 1.82) is 0 Å². The Morgan fingerprint density at radius 2 is 1.78 bits per heavy atom. The third-order valence-corrected chi connectivity index (χ3v) is 6.11. The van der Waals surface area contributed by atoms with E-state index in [0.717, 1.165) is 5.56 Å². The number of carbonyl (C=O) groups is 1. The van der Waals surface area contributed by atoms with Crippen molar-refractivity contribution in [3.05, 3.63) is 53.6 Å². The van der Waals surface area contributed by atoms with Crippen LogP contribution in [0.4, 0.5) is 0 Å². The van der Waals surface area contributed by atoms with Gasteiger partial charge in [0.15, 0.2) is 11.5 Å². The van der Waals surface area contributed by atoms with Crippen molar-refractivity contribution >= 4 is 15.9 Å². The van der Waals surface area contributed by atoms with Crippen LogP contribution in [0.15, 0.2) is 47.4 Å². The zero-order valence-corrected chi connectivity index (χ0v) is 16.2. The molecule has 0 spiro atoms. The van der Waals surface area contributed by atoms with E-state index in [1.54, 1.807) is 6.07 Å². The first kappa shape index (κ1) is 19.2. The number of amides is 1. The Bertz CT molecular complexity index is 944. The van der Waals surface area contributed by atoms with Gasteiger partial charge >= 0.3 is 0 Å². The standard InChI is InChI=1S/C19H22N2O5S/c1-12(13-7-5-4-6-8-13)20-19(22)15-9-14-10-16(25-2)17(26-3)11-18(14)27(23,24)21-15/h4-8,10-12,15,21H,9H2,1-3H3,(H,20,22). The highest BCUT2D eigenvalue weighted by atomic mass is 32.2. The fourth-order valence-electron chi connectivity index (χ4n) is 3.11. The number of rotatable bonds is 5. The Hall–Kier alpha value is -2.58. The smallest absolute Gasteiger partial charge is 0.241 e. The first-order chi connectivity index (χ1) is 12.9. The van der Waals surface area contributed by atoms with Crippen molar-refractivity contribution in [2.45, 2.75) is 30.3 Å². The summed E-state index contributed by atoms with van der Waals surface area (Å²) in [5.74, 6) is 0.364. The second-order valence-corrected chi connectivity index (χ2v) is 8.02. The van der Waals surface area contributed by atoms with Gasteiger partial charge in [-0.1, -0.05) is 30.3 Å². The minimum absolute atomic E-state index is 0.0975. The number of benzene rings is 2. The van der Waals surface area contributed by atoms with Gasteiger partial charge in [-0.05, 0) is 30.5 Å². The number of carbonyl (C=O) groups excluding carboxylic acids is 1. The normalized spacial score (nSPS) is 18.9. The van der Waals surface area contributed by atoms with E-state index in [0.29, 0.717) is 17.1 Å². The molecule has 0 bridgehead atoms. The van der Waals surface area contributed by atoms with Crippen LogP contribution in [0.5, 0.6) is 11.5 Å². The summed E-state index contributed by atoms with van der Waals surface area (Å²) >= 11 is 0. The lowest BCUT2D eigenvalue weighted by molar-refractivity contribution is -0.123. The Morgan fingerprint density at radius 3 is 2.41 bits per heavy atom. The van der Waals surface area contributed by atoms with E-state index in [4.69, 9.17) is 9.47 Å². The van der Waals surface area contributed by atoms with Gasteiger partial charge in [0.25, 0.3) is 0 Å². The first-order valence-corrected chi connectivity index (χ1v) is 9.96. The van der Waals surface area contributed by atoms with Gasteiger partial charge in [0.2, 0.25) is 15.9 Å². The van der Waals surface area contributed by atoms with E-state index in [-0.39, 0.29) is 23.3 Å². The number of fused-ring (bicyclic) bond motifs is 1. The highest BCUT2D eigenvalue weighted by Crippen LogP contribution is 2.35. The van der Waals surface area contributed by atoms with Crippen molar-refractivity contribution in [3.63, 3.8) is 0 Å². The van der Waals surface area contributed by atoms with Crippen LogP contribution in [-0.4, -0.2) is 34.6 Å². The average molecular weight is 390 g/mol. The van der Waals surface area contributed by atoms with Crippen LogP contribution >= 0.6 is 0 Å². The predicted molar refractivity (Wildman–Crippen MR) is 100 cm³/mol. The maximum atomic E-state index is 12.7. The molecule has 0 saturated heterocycles. The van der Waals surface area contributed by atoms with Crippen LogP contribution in [0.3, 0.4) is 0 Å². The summed E-state index contributed by atoms with van der Waals surface area (Å²) in [5.41, 5.74) is 1.45.